The number of hydrazine groups is 1. The molecule has 4 atom stereocenters. The van der Waals surface area contributed by atoms with Crippen LogP contribution in [-0.2, 0) is 0 Å². The summed E-state index contributed by atoms with van der Waals surface area (Å²) < 4.78 is 5.39. The van der Waals surface area contributed by atoms with Crippen molar-refractivity contribution in [1.29, 1.82) is 0 Å². The Balaban J connectivity index is 2.20. The summed E-state index contributed by atoms with van der Waals surface area (Å²) in [4.78, 5) is 4.45. The maximum Gasteiger partial charge on any atom is 0.142 e. The largest absolute Gasteiger partial charge is 0.495 e. The van der Waals surface area contributed by atoms with Crippen molar-refractivity contribution in [3.8, 4) is 5.75 Å². The van der Waals surface area contributed by atoms with Gasteiger partial charge in [0.25, 0.3) is 0 Å². The van der Waals surface area contributed by atoms with Gasteiger partial charge >= 0.3 is 0 Å². The number of thioether (sulfide) groups is 2. The minimum atomic E-state index is 0.0172. The van der Waals surface area contributed by atoms with Gasteiger partial charge in [-0.2, -0.15) is 23.5 Å². The van der Waals surface area contributed by atoms with E-state index in [-0.39, 0.29) is 6.04 Å². The van der Waals surface area contributed by atoms with E-state index in [9.17, 15) is 0 Å². The Bertz CT molecular complexity index is 419. The number of rotatable bonds is 4. The van der Waals surface area contributed by atoms with Gasteiger partial charge in [-0.1, -0.05) is 13.8 Å². The van der Waals surface area contributed by atoms with Crippen molar-refractivity contribution in [2.75, 3.05) is 12.9 Å². The van der Waals surface area contributed by atoms with Crippen molar-refractivity contribution in [3.63, 3.8) is 0 Å². The van der Waals surface area contributed by atoms with Crippen LogP contribution in [0.3, 0.4) is 0 Å². The summed E-state index contributed by atoms with van der Waals surface area (Å²) in [6.45, 7) is 4.56. The fourth-order valence-corrected chi connectivity index (χ4v) is 5.23. The number of nitrogens with one attached hydrogen (secondary N) is 1. The first-order chi connectivity index (χ1) is 9.17. The van der Waals surface area contributed by atoms with Crippen LogP contribution in [-0.4, -0.2) is 33.6 Å². The van der Waals surface area contributed by atoms with Gasteiger partial charge in [-0.15, -0.1) is 0 Å². The van der Waals surface area contributed by atoms with Crippen molar-refractivity contribution in [2.24, 2.45) is 5.84 Å². The third-order valence-electron chi connectivity index (χ3n) is 3.44. The lowest BCUT2D eigenvalue weighted by Gasteiger charge is -2.35. The van der Waals surface area contributed by atoms with Gasteiger partial charge in [0.05, 0.1) is 13.2 Å². The number of nitrogens with two attached hydrogens (primary N) is 1. The highest BCUT2D eigenvalue weighted by Crippen LogP contribution is 2.41. The predicted octanol–water partition coefficient (Wildman–Crippen LogP) is 2.22. The van der Waals surface area contributed by atoms with Crippen LogP contribution in [0.1, 0.15) is 25.6 Å². The predicted molar refractivity (Wildman–Crippen MR) is 83.6 cm³/mol. The van der Waals surface area contributed by atoms with Crippen molar-refractivity contribution in [3.05, 3.63) is 24.0 Å². The Morgan fingerprint density at radius 2 is 2.26 bits per heavy atom. The Labute approximate surface area is 123 Å². The number of hydrogen-bond donors (Lipinski definition) is 2. The molecule has 19 heavy (non-hydrogen) atoms. The quantitative estimate of drug-likeness (QED) is 0.657. The van der Waals surface area contributed by atoms with Crippen molar-refractivity contribution in [1.82, 2.24) is 10.4 Å². The van der Waals surface area contributed by atoms with E-state index in [1.807, 2.05) is 35.7 Å². The van der Waals surface area contributed by atoms with E-state index in [1.54, 1.807) is 13.3 Å². The van der Waals surface area contributed by atoms with Crippen molar-refractivity contribution >= 4 is 23.5 Å². The molecule has 0 spiro atoms. The van der Waals surface area contributed by atoms with Crippen LogP contribution in [0.5, 0.6) is 5.75 Å². The molecule has 4 nitrogen and oxygen atoms in total. The van der Waals surface area contributed by atoms with E-state index in [0.717, 1.165) is 17.2 Å². The van der Waals surface area contributed by atoms with Gasteiger partial charge < -0.3 is 4.74 Å². The maximum absolute atomic E-state index is 5.77. The standard InChI is InChI=1S/C13H21N3OS2/c1-8-9(2)19-11(7-18-8)13(16-14)12-10(17-3)5-4-6-15-12/h4-6,8-9,11,13,16H,7,14H2,1-3H3. The summed E-state index contributed by atoms with van der Waals surface area (Å²) in [5.41, 5.74) is 3.82. The Morgan fingerprint density at radius 1 is 1.47 bits per heavy atom. The van der Waals surface area contributed by atoms with Crippen LogP contribution in [0, 0.1) is 0 Å². The second kappa shape index (κ2) is 6.83. The summed E-state index contributed by atoms with van der Waals surface area (Å²) in [5.74, 6) is 7.64. The number of hydrogen-bond acceptors (Lipinski definition) is 6. The van der Waals surface area contributed by atoms with E-state index in [4.69, 9.17) is 10.6 Å². The van der Waals surface area contributed by atoms with Crippen LogP contribution < -0.4 is 16.0 Å². The molecule has 3 N–H and O–H groups in total. The molecule has 1 fully saturated rings. The second-order valence-corrected chi connectivity index (χ2v) is 7.68. The molecule has 0 saturated carbocycles. The van der Waals surface area contributed by atoms with Gasteiger partial charge in [0.15, 0.2) is 0 Å². The minimum absolute atomic E-state index is 0.0172. The van der Waals surface area contributed by atoms with E-state index >= 15 is 0 Å². The van der Waals surface area contributed by atoms with Gasteiger partial charge in [-0.3, -0.25) is 16.3 Å². The van der Waals surface area contributed by atoms with E-state index in [2.05, 4.69) is 24.3 Å². The Hall–Kier alpha value is -0.430. The first kappa shape index (κ1) is 15.0. The highest BCUT2D eigenvalue weighted by atomic mass is 32.2. The third kappa shape index (κ3) is 3.37. The number of aromatic nitrogens is 1. The van der Waals surface area contributed by atoms with Crippen LogP contribution in [0.15, 0.2) is 18.3 Å². The van der Waals surface area contributed by atoms with Gasteiger partial charge in [0, 0.05) is 27.7 Å². The normalized spacial score (nSPS) is 28.9. The molecule has 4 unspecified atom stereocenters. The lowest BCUT2D eigenvalue weighted by molar-refractivity contribution is 0.394. The van der Waals surface area contributed by atoms with E-state index in [1.165, 1.54) is 0 Å². The van der Waals surface area contributed by atoms with E-state index < -0.39 is 0 Å². The fraction of sp³-hybridized carbons (Fsp3) is 0.615. The van der Waals surface area contributed by atoms with Gasteiger partial charge in [0.1, 0.15) is 11.4 Å². The molecular formula is C13H21N3OS2. The Kier molecular flexibility index (Phi) is 5.38. The zero-order valence-corrected chi connectivity index (χ0v) is 13.1. The average molecular weight is 299 g/mol. The SMILES string of the molecule is COc1cccnc1C(NN)C1CSC(C)C(C)S1. The highest BCUT2D eigenvalue weighted by Gasteiger charge is 2.33. The Morgan fingerprint density at radius 3 is 2.89 bits per heavy atom. The smallest absolute Gasteiger partial charge is 0.142 e. The third-order valence-corrected chi connectivity index (χ3v) is 6.93. The molecule has 0 bridgehead atoms. The molecule has 1 aromatic heterocycles. The number of pyridine rings is 1. The first-order valence-electron chi connectivity index (χ1n) is 6.39. The molecule has 1 aromatic rings. The van der Waals surface area contributed by atoms with Crippen LogP contribution in [0.25, 0.3) is 0 Å². The molecule has 0 radical (unpaired) electrons. The molecule has 2 rings (SSSR count). The van der Waals surface area contributed by atoms with Gasteiger partial charge in [-0.05, 0) is 12.1 Å². The molecule has 6 heteroatoms. The summed E-state index contributed by atoms with van der Waals surface area (Å²) in [7, 11) is 1.67. The molecule has 106 valence electrons. The number of ether oxygens (including phenoxy) is 1. The molecule has 0 amide bonds. The topological polar surface area (TPSA) is 60.2 Å². The molecule has 1 saturated heterocycles. The lowest BCUT2D eigenvalue weighted by Crippen LogP contribution is -2.40. The minimum Gasteiger partial charge on any atom is -0.495 e. The maximum atomic E-state index is 5.77. The zero-order valence-electron chi connectivity index (χ0n) is 11.5. The fourth-order valence-electron chi connectivity index (χ4n) is 2.15. The zero-order chi connectivity index (χ0) is 13.8. The average Bonchev–Trinajstić information content (AvgIpc) is 2.44. The lowest BCUT2D eigenvalue weighted by atomic mass is 10.1. The molecule has 1 aliphatic heterocycles. The number of nitrogens with zero attached hydrogens (tertiary/aromatic N) is 1. The summed E-state index contributed by atoms with van der Waals surface area (Å²) in [6, 6.07) is 3.83. The van der Waals surface area contributed by atoms with Crippen LogP contribution >= 0.6 is 23.5 Å². The summed E-state index contributed by atoms with van der Waals surface area (Å²) in [6.07, 6.45) is 1.79. The summed E-state index contributed by atoms with van der Waals surface area (Å²) >= 11 is 3.98. The monoisotopic (exact) mass is 299 g/mol. The highest BCUT2D eigenvalue weighted by molar-refractivity contribution is 8.07. The second-order valence-electron chi connectivity index (χ2n) is 4.65. The molecule has 1 aliphatic rings. The van der Waals surface area contributed by atoms with Crippen LogP contribution in [0.2, 0.25) is 0 Å². The molecule has 2 heterocycles. The first-order valence-corrected chi connectivity index (χ1v) is 8.38. The van der Waals surface area contributed by atoms with E-state index in [0.29, 0.717) is 15.7 Å². The van der Waals surface area contributed by atoms with Crippen LogP contribution in [0.4, 0.5) is 0 Å². The van der Waals surface area contributed by atoms with Gasteiger partial charge in [-0.25, -0.2) is 0 Å². The molecule has 0 aromatic carbocycles. The van der Waals surface area contributed by atoms with Gasteiger partial charge in [0.2, 0.25) is 0 Å². The van der Waals surface area contributed by atoms with Crippen molar-refractivity contribution < 1.29 is 4.74 Å². The molecular weight excluding hydrogens is 278 g/mol. The number of methoxy groups -OCH3 is 1. The molecule has 0 aliphatic carbocycles. The van der Waals surface area contributed by atoms with Crippen molar-refractivity contribution in [2.45, 2.75) is 35.6 Å². The summed E-state index contributed by atoms with van der Waals surface area (Å²) in [5, 5.41) is 1.71.